The molecule has 0 atom stereocenters. The van der Waals surface area contributed by atoms with Crippen LogP contribution in [0.4, 0.5) is 0 Å². The molecule has 0 aliphatic rings. The van der Waals surface area contributed by atoms with Crippen LogP contribution in [0.15, 0.2) is 26.9 Å². The number of hydrogen-bond donors (Lipinski definition) is 0. The Bertz CT molecular complexity index is 460. The fourth-order valence-corrected chi connectivity index (χ4v) is 4.27. The van der Waals surface area contributed by atoms with Crippen LogP contribution in [-0.4, -0.2) is 6.26 Å². The monoisotopic (exact) mass is 286 g/mol. The number of fused-ring (bicyclic) bond motifs is 1. The third-order valence-electron chi connectivity index (χ3n) is 2.32. The lowest BCUT2D eigenvalue weighted by atomic mass is 10.1. The highest BCUT2D eigenvalue weighted by Crippen LogP contribution is 2.38. The van der Waals surface area contributed by atoms with E-state index in [-0.39, 0.29) is 0 Å². The molecule has 14 heavy (non-hydrogen) atoms. The lowest BCUT2D eigenvalue weighted by Gasteiger charge is -2.04. The average molecular weight is 287 g/mol. The summed E-state index contributed by atoms with van der Waals surface area (Å²) < 4.78 is 2.67. The molecule has 74 valence electrons. The number of halogens is 1. The maximum absolute atomic E-state index is 3.62. The lowest BCUT2D eigenvalue weighted by molar-refractivity contribution is 1.16. The zero-order chi connectivity index (χ0) is 10.1. The van der Waals surface area contributed by atoms with E-state index in [9.17, 15) is 0 Å². The fourth-order valence-electron chi connectivity index (χ4n) is 1.59. The molecule has 3 heteroatoms. The number of benzene rings is 1. The second-order valence-corrected chi connectivity index (χ2v) is 5.65. The Labute approximate surface area is 101 Å². The molecular weight excluding hydrogens is 276 g/mol. The van der Waals surface area contributed by atoms with Crippen LogP contribution in [0.25, 0.3) is 10.1 Å². The number of aryl methyl sites for hydroxylation is 1. The standard InChI is InChI=1S/C11H11BrS2/c1-3-7-4-5-9(13-2)10-8(12)6-14-11(7)10/h4-6H,3H2,1-2H3. The molecule has 0 aliphatic carbocycles. The van der Waals surface area contributed by atoms with Gasteiger partial charge in [-0.3, -0.25) is 0 Å². The molecule has 0 saturated carbocycles. The molecule has 0 amide bonds. The van der Waals surface area contributed by atoms with Gasteiger partial charge in [-0.15, -0.1) is 23.1 Å². The van der Waals surface area contributed by atoms with Gasteiger partial charge >= 0.3 is 0 Å². The Balaban J connectivity index is 2.81. The van der Waals surface area contributed by atoms with Crippen LogP contribution >= 0.6 is 39.0 Å². The third kappa shape index (κ3) is 1.62. The first-order valence-electron chi connectivity index (χ1n) is 4.50. The molecule has 0 saturated heterocycles. The van der Waals surface area contributed by atoms with Gasteiger partial charge in [0.1, 0.15) is 0 Å². The predicted octanol–water partition coefficient (Wildman–Crippen LogP) is 4.95. The molecule has 0 N–H and O–H groups in total. The molecular formula is C11H11BrS2. The van der Waals surface area contributed by atoms with Gasteiger partial charge in [-0.1, -0.05) is 13.0 Å². The van der Waals surface area contributed by atoms with Crippen molar-refractivity contribution in [2.24, 2.45) is 0 Å². The SMILES string of the molecule is CCc1ccc(SC)c2c(Br)csc12. The summed E-state index contributed by atoms with van der Waals surface area (Å²) in [5.41, 5.74) is 1.45. The molecule has 0 aliphatic heterocycles. The van der Waals surface area contributed by atoms with Crippen molar-refractivity contribution in [3.8, 4) is 0 Å². The van der Waals surface area contributed by atoms with E-state index in [2.05, 4.69) is 46.6 Å². The van der Waals surface area contributed by atoms with Gasteiger partial charge in [-0.05, 0) is 40.2 Å². The maximum Gasteiger partial charge on any atom is 0.0397 e. The van der Waals surface area contributed by atoms with Crippen molar-refractivity contribution in [1.29, 1.82) is 0 Å². The fraction of sp³-hybridized carbons (Fsp3) is 0.273. The van der Waals surface area contributed by atoms with E-state index >= 15 is 0 Å². The number of rotatable bonds is 2. The molecule has 1 heterocycles. The van der Waals surface area contributed by atoms with Gasteiger partial charge < -0.3 is 0 Å². The highest BCUT2D eigenvalue weighted by Gasteiger charge is 2.09. The summed E-state index contributed by atoms with van der Waals surface area (Å²) in [5, 5.41) is 3.57. The first-order valence-corrected chi connectivity index (χ1v) is 7.40. The van der Waals surface area contributed by atoms with Crippen LogP contribution in [0.2, 0.25) is 0 Å². The number of hydrogen-bond acceptors (Lipinski definition) is 2. The van der Waals surface area contributed by atoms with Crippen LogP contribution in [-0.2, 0) is 6.42 Å². The van der Waals surface area contributed by atoms with Crippen LogP contribution in [0.5, 0.6) is 0 Å². The minimum Gasteiger partial charge on any atom is -0.142 e. The molecule has 1 aromatic heterocycles. The van der Waals surface area contributed by atoms with Crippen molar-refractivity contribution in [2.45, 2.75) is 18.2 Å². The maximum atomic E-state index is 3.62. The van der Waals surface area contributed by atoms with E-state index in [4.69, 9.17) is 0 Å². The van der Waals surface area contributed by atoms with E-state index in [1.165, 1.54) is 25.0 Å². The van der Waals surface area contributed by atoms with E-state index in [1.807, 2.05) is 23.1 Å². The van der Waals surface area contributed by atoms with Gasteiger partial charge in [-0.25, -0.2) is 0 Å². The summed E-state index contributed by atoms with van der Waals surface area (Å²) >= 11 is 7.27. The second-order valence-electron chi connectivity index (χ2n) is 3.07. The Morgan fingerprint density at radius 3 is 2.86 bits per heavy atom. The molecule has 0 nitrogen and oxygen atoms in total. The first kappa shape index (κ1) is 10.5. The van der Waals surface area contributed by atoms with Crippen molar-refractivity contribution in [3.05, 3.63) is 27.5 Å². The molecule has 2 rings (SSSR count). The second kappa shape index (κ2) is 4.25. The minimum absolute atomic E-state index is 1.11. The highest BCUT2D eigenvalue weighted by atomic mass is 79.9. The molecule has 0 radical (unpaired) electrons. The van der Waals surface area contributed by atoms with Gasteiger partial charge in [0, 0.05) is 24.8 Å². The molecule has 0 fully saturated rings. The third-order valence-corrected chi connectivity index (χ3v) is 5.08. The van der Waals surface area contributed by atoms with Crippen LogP contribution < -0.4 is 0 Å². The van der Waals surface area contributed by atoms with Crippen LogP contribution in [0.3, 0.4) is 0 Å². The Kier molecular flexibility index (Phi) is 3.20. The van der Waals surface area contributed by atoms with Crippen LogP contribution in [0, 0.1) is 0 Å². The summed E-state index contributed by atoms with van der Waals surface area (Å²) in [6.07, 6.45) is 3.24. The predicted molar refractivity (Wildman–Crippen MR) is 70.7 cm³/mol. The quantitative estimate of drug-likeness (QED) is 0.704. The van der Waals surface area contributed by atoms with E-state index in [0.717, 1.165) is 6.42 Å². The molecule has 0 spiro atoms. The minimum atomic E-state index is 1.11. The summed E-state index contributed by atoms with van der Waals surface area (Å²) in [5.74, 6) is 0. The Morgan fingerprint density at radius 2 is 2.21 bits per heavy atom. The molecule has 0 bridgehead atoms. The average Bonchev–Trinajstić information content (AvgIpc) is 2.60. The number of thiophene rings is 1. The lowest BCUT2D eigenvalue weighted by Crippen LogP contribution is -1.81. The normalized spacial score (nSPS) is 11.1. The molecule has 0 unspecified atom stereocenters. The van der Waals surface area contributed by atoms with Crippen molar-refractivity contribution in [1.82, 2.24) is 0 Å². The van der Waals surface area contributed by atoms with Crippen molar-refractivity contribution in [2.75, 3.05) is 6.26 Å². The van der Waals surface area contributed by atoms with E-state index < -0.39 is 0 Å². The summed E-state index contributed by atoms with van der Waals surface area (Å²) in [4.78, 5) is 1.37. The Hall–Kier alpha value is 0.01000. The van der Waals surface area contributed by atoms with Gasteiger partial charge in [0.05, 0.1) is 0 Å². The van der Waals surface area contributed by atoms with Gasteiger partial charge in [-0.2, -0.15) is 0 Å². The smallest absolute Gasteiger partial charge is 0.0397 e. The van der Waals surface area contributed by atoms with Crippen molar-refractivity contribution >= 4 is 49.1 Å². The van der Waals surface area contributed by atoms with Gasteiger partial charge in [0.25, 0.3) is 0 Å². The van der Waals surface area contributed by atoms with Crippen molar-refractivity contribution < 1.29 is 0 Å². The Morgan fingerprint density at radius 1 is 1.43 bits per heavy atom. The van der Waals surface area contributed by atoms with Gasteiger partial charge in [0.2, 0.25) is 0 Å². The van der Waals surface area contributed by atoms with E-state index in [1.54, 1.807) is 0 Å². The summed E-state index contributed by atoms with van der Waals surface area (Å²) in [6.45, 7) is 2.21. The topological polar surface area (TPSA) is 0 Å². The van der Waals surface area contributed by atoms with Crippen molar-refractivity contribution in [3.63, 3.8) is 0 Å². The van der Waals surface area contributed by atoms with Gasteiger partial charge in [0.15, 0.2) is 0 Å². The van der Waals surface area contributed by atoms with E-state index in [0.29, 0.717) is 0 Å². The zero-order valence-corrected chi connectivity index (χ0v) is 11.4. The largest absolute Gasteiger partial charge is 0.142 e. The number of thioether (sulfide) groups is 1. The van der Waals surface area contributed by atoms with Crippen LogP contribution in [0.1, 0.15) is 12.5 Å². The first-order chi connectivity index (χ1) is 6.77. The zero-order valence-electron chi connectivity index (χ0n) is 8.13. The molecule has 1 aromatic carbocycles. The highest BCUT2D eigenvalue weighted by molar-refractivity contribution is 9.10. The molecule has 2 aromatic rings. The summed E-state index contributed by atoms with van der Waals surface area (Å²) in [7, 11) is 0. The summed E-state index contributed by atoms with van der Waals surface area (Å²) in [6, 6.07) is 4.47.